The van der Waals surface area contributed by atoms with Crippen molar-refractivity contribution in [2.24, 2.45) is 0 Å². The number of furan rings is 1. The number of hydrogen-bond donors (Lipinski definition) is 1. The molecule has 4 rings (SSSR count). The molecule has 0 amide bonds. The molecule has 0 fully saturated rings. The number of carbonyl (C=O) groups is 1. The van der Waals surface area contributed by atoms with E-state index in [9.17, 15) is 10.1 Å². The van der Waals surface area contributed by atoms with Gasteiger partial charge in [-0.25, -0.2) is 9.78 Å². The van der Waals surface area contributed by atoms with Crippen LogP contribution in [0.1, 0.15) is 16.1 Å². The lowest BCUT2D eigenvalue weighted by molar-refractivity contribution is 0.0600. The Morgan fingerprint density at radius 1 is 1.17 bits per heavy atom. The van der Waals surface area contributed by atoms with Gasteiger partial charge in [-0.3, -0.25) is 0 Å². The number of aromatic amines is 1. The Kier molecular flexibility index (Phi) is 5.18. The van der Waals surface area contributed by atoms with E-state index in [1.165, 1.54) is 18.9 Å². The number of esters is 1. The van der Waals surface area contributed by atoms with Gasteiger partial charge in [0.15, 0.2) is 5.16 Å². The summed E-state index contributed by atoms with van der Waals surface area (Å²) in [5, 5.41) is 10.1. The predicted molar refractivity (Wildman–Crippen MR) is 111 cm³/mol. The third-order valence-electron chi connectivity index (χ3n) is 4.18. The van der Waals surface area contributed by atoms with Crippen LogP contribution in [0, 0.1) is 11.3 Å². The molecule has 4 aromatic rings. The highest BCUT2D eigenvalue weighted by Crippen LogP contribution is 2.29. The highest BCUT2D eigenvalue weighted by molar-refractivity contribution is 8.03. The summed E-state index contributed by atoms with van der Waals surface area (Å²) in [6, 6.07) is 20.4. The number of carbonyl (C=O) groups excluding carboxylic acids is 1. The molecular weight excluding hydrogens is 386 g/mol. The van der Waals surface area contributed by atoms with Crippen molar-refractivity contribution < 1.29 is 13.9 Å². The number of hydrogen-bond acceptors (Lipinski definition) is 6. The molecule has 142 valence electrons. The largest absolute Gasteiger partial charge is 0.465 e. The predicted octanol–water partition coefficient (Wildman–Crippen LogP) is 5.27. The van der Waals surface area contributed by atoms with E-state index in [0.717, 1.165) is 16.6 Å². The summed E-state index contributed by atoms with van der Waals surface area (Å²) in [4.78, 5) is 19.6. The number of para-hydroxylation sites is 2. The minimum absolute atomic E-state index is 0.388. The molecule has 0 unspecified atom stereocenters. The number of imidazole rings is 1. The molecule has 6 nitrogen and oxygen atoms in total. The average Bonchev–Trinajstić information content (AvgIpc) is 3.39. The molecule has 0 aliphatic rings. The maximum absolute atomic E-state index is 11.5. The zero-order valence-corrected chi connectivity index (χ0v) is 16.2. The summed E-state index contributed by atoms with van der Waals surface area (Å²) in [5.41, 5.74) is 3.06. The maximum atomic E-state index is 11.5. The summed E-state index contributed by atoms with van der Waals surface area (Å²) in [6.45, 7) is 0. The zero-order valence-electron chi connectivity index (χ0n) is 15.4. The normalized spacial score (nSPS) is 11.4. The molecule has 0 aliphatic carbocycles. The van der Waals surface area contributed by atoms with Crippen molar-refractivity contribution in [2.75, 3.05) is 7.11 Å². The number of allylic oxidation sites excluding steroid dienone is 1. The number of methoxy groups -OCH3 is 1. The van der Waals surface area contributed by atoms with Crippen LogP contribution in [0.25, 0.3) is 28.4 Å². The average molecular weight is 401 g/mol. The van der Waals surface area contributed by atoms with Gasteiger partial charge in [0.2, 0.25) is 0 Å². The number of fused-ring (bicyclic) bond motifs is 1. The second-order valence-corrected chi connectivity index (χ2v) is 7.08. The van der Waals surface area contributed by atoms with Crippen LogP contribution in [0.2, 0.25) is 0 Å². The molecule has 0 atom stereocenters. The Hall–Kier alpha value is -3.76. The van der Waals surface area contributed by atoms with Crippen LogP contribution in [0.5, 0.6) is 0 Å². The summed E-state index contributed by atoms with van der Waals surface area (Å²) in [5.74, 6) is 0.803. The summed E-state index contributed by atoms with van der Waals surface area (Å²) in [6.07, 6.45) is 1.67. The Balaban J connectivity index is 1.53. The number of thioether (sulfide) groups is 1. The number of rotatable bonds is 5. The van der Waals surface area contributed by atoms with Gasteiger partial charge in [0.25, 0.3) is 0 Å². The molecular formula is C22H15N3O3S. The molecule has 0 saturated carbocycles. The molecule has 2 heterocycles. The van der Waals surface area contributed by atoms with E-state index >= 15 is 0 Å². The Morgan fingerprint density at radius 2 is 1.97 bits per heavy atom. The van der Waals surface area contributed by atoms with Crippen molar-refractivity contribution in [2.45, 2.75) is 5.16 Å². The number of nitrogens with zero attached hydrogens (tertiary/aromatic N) is 2. The maximum Gasteiger partial charge on any atom is 0.337 e. The van der Waals surface area contributed by atoms with Gasteiger partial charge in [0.1, 0.15) is 17.6 Å². The lowest BCUT2D eigenvalue weighted by atomic mass is 10.1. The van der Waals surface area contributed by atoms with E-state index in [2.05, 4.69) is 16.0 Å². The topological polar surface area (TPSA) is 91.9 Å². The number of aromatic nitrogens is 2. The number of ether oxygens (including phenoxy) is 1. The minimum atomic E-state index is -0.388. The summed E-state index contributed by atoms with van der Waals surface area (Å²) < 4.78 is 10.5. The van der Waals surface area contributed by atoms with Gasteiger partial charge in [-0.1, -0.05) is 24.3 Å². The van der Waals surface area contributed by atoms with Gasteiger partial charge in [-0.15, -0.1) is 0 Å². The first kappa shape index (κ1) is 18.6. The molecule has 29 heavy (non-hydrogen) atoms. The van der Waals surface area contributed by atoms with Crippen LogP contribution < -0.4 is 0 Å². The van der Waals surface area contributed by atoms with Gasteiger partial charge in [0, 0.05) is 11.6 Å². The fraction of sp³-hybridized carbons (Fsp3) is 0.0455. The van der Waals surface area contributed by atoms with Crippen molar-refractivity contribution in [1.82, 2.24) is 9.97 Å². The van der Waals surface area contributed by atoms with Crippen LogP contribution in [-0.2, 0) is 4.74 Å². The van der Waals surface area contributed by atoms with Crippen molar-refractivity contribution in [3.05, 3.63) is 76.9 Å². The monoisotopic (exact) mass is 401 g/mol. The molecule has 0 radical (unpaired) electrons. The van der Waals surface area contributed by atoms with Crippen LogP contribution >= 0.6 is 11.8 Å². The van der Waals surface area contributed by atoms with Crippen molar-refractivity contribution in [1.29, 1.82) is 5.26 Å². The van der Waals surface area contributed by atoms with Gasteiger partial charge in [0.05, 0.1) is 28.6 Å². The lowest BCUT2D eigenvalue weighted by Crippen LogP contribution is -2.00. The minimum Gasteiger partial charge on any atom is -0.465 e. The van der Waals surface area contributed by atoms with E-state index in [4.69, 9.17) is 9.15 Å². The molecule has 0 aliphatic heterocycles. The van der Waals surface area contributed by atoms with E-state index in [1.54, 1.807) is 36.4 Å². The highest BCUT2D eigenvalue weighted by Gasteiger charge is 2.10. The first-order valence-corrected chi connectivity index (χ1v) is 9.51. The van der Waals surface area contributed by atoms with Crippen molar-refractivity contribution >= 4 is 34.8 Å². The third-order valence-corrected chi connectivity index (χ3v) is 4.99. The van der Waals surface area contributed by atoms with Crippen LogP contribution in [0.15, 0.2) is 75.1 Å². The Labute approximate surface area is 170 Å². The number of nitriles is 1. The fourth-order valence-electron chi connectivity index (χ4n) is 2.77. The molecule has 7 heteroatoms. The van der Waals surface area contributed by atoms with Gasteiger partial charge in [-0.2, -0.15) is 5.26 Å². The fourth-order valence-corrected chi connectivity index (χ4v) is 3.50. The van der Waals surface area contributed by atoms with Gasteiger partial charge >= 0.3 is 5.97 Å². The van der Waals surface area contributed by atoms with Crippen molar-refractivity contribution in [3.63, 3.8) is 0 Å². The SMILES string of the molecule is COC(=O)c1ccc(-c2ccc(/C=C(\C#N)Sc3nc4ccccc4[nH]3)o2)cc1. The number of H-pyrrole nitrogens is 1. The standard InChI is InChI=1S/C22H15N3O3S/c1-27-21(26)15-8-6-14(7-9-15)20-11-10-16(28-20)12-17(13-23)29-22-24-18-4-2-3-5-19(18)25-22/h2-12H,1H3,(H,24,25)/b17-12+. The number of nitrogens with one attached hydrogen (secondary N) is 1. The Bertz CT molecular complexity index is 1210. The first-order valence-electron chi connectivity index (χ1n) is 8.69. The van der Waals surface area contributed by atoms with Crippen LogP contribution in [-0.4, -0.2) is 23.0 Å². The van der Waals surface area contributed by atoms with E-state index in [0.29, 0.717) is 27.1 Å². The molecule has 0 spiro atoms. The molecule has 2 aromatic carbocycles. The van der Waals surface area contributed by atoms with Crippen molar-refractivity contribution in [3.8, 4) is 17.4 Å². The third kappa shape index (κ3) is 4.08. The summed E-state index contributed by atoms with van der Waals surface area (Å²) in [7, 11) is 1.34. The highest BCUT2D eigenvalue weighted by atomic mass is 32.2. The van der Waals surface area contributed by atoms with E-state index in [1.807, 2.05) is 30.3 Å². The van der Waals surface area contributed by atoms with E-state index < -0.39 is 0 Å². The second-order valence-electron chi connectivity index (χ2n) is 6.05. The smallest absolute Gasteiger partial charge is 0.337 e. The quantitative estimate of drug-likeness (QED) is 0.278. The molecule has 0 bridgehead atoms. The Morgan fingerprint density at radius 3 is 2.69 bits per heavy atom. The van der Waals surface area contributed by atoms with Crippen LogP contribution in [0.3, 0.4) is 0 Å². The van der Waals surface area contributed by atoms with Gasteiger partial charge < -0.3 is 14.1 Å². The first-order chi connectivity index (χ1) is 14.2. The summed E-state index contributed by atoms with van der Waals surface area (Å²) >= 11 is 1.24. The van der Waals surface area contributed by atoms with E-state index in [-0.39, 0.29) is 5.97 Å². The molecule has 0 saturated heterocycles. The molecule has 1 N–H and O–H groups in total. The van der Waals surface area contributed by atoms with Crippen LogP contribution in [0.4, 0.5) is 0 Å². The molecule has 2 aromatic heterocycles. The van der Waals surface area contributed by atoms with Gasteiger partial charge in [-0.05, 0) is 48.2 Å². The lowest BCUT2D eigenvalue weighted by Gasteiger charge is -2.00. The zero-order chi connectivity index (χ0) is 20.2. The number of benzene rings is 2. The second kappa shape index (κ2) is 8.09.